The van der Waals surface area contributed by atoms with Gasteiger partial charge in [0, 0.05) is 30.7 Å². The Balaban J connectivity index is 1.98. The van der Waals surface area contributed by atoms with Crippen LogP contribution in [0.5, 0.6) is 0 Å². The summed E-state index contributed by atoms with van der Waals surface area (Å²) in [6.45, 7) is 1.21. The third-order valence-corrected chi connectivity index (χ3v) is 4.31. The number of carbonyl (C=O) groups excluding carboxylic acids is 1. The first-order valence-electron chi connectivity index (χ1n) is 6.47. The fraction of sp³-hybridized carbons (Fsp3) is 0.308. The van der Waals surface area contributed by atoms with Crippen LogP contribution in [0.4, 0.5) is 5.82 Å². The number of imidazole rings is 1. The van der Waals surface area contributed by atoms with Crippen LogP contribution >= 0.6 is 11.3 Å². The fourth-order valence-electron chi connectivity index (χ4n) is 2.51. The van der Waals surface area contributed by atoms with Gasteiger partial charge in [-0.05, 0) is 12.5 Å². The fourth-order valence-corrected chi connectivity index (χ4v) is 3.23. The Bertz CT molecular complexity index is 733. The molecule has 2 aromatic heterocycles. The highest BCUT2D eigenvalue weighted by molar-refractivity contribution is 7.15. The van der Waals surface area contributed by atoms with E-state index in [1.54, 1.807) is 0 Å². The van der Waals surface area contributed by atoms with Gasteiger partial charge in [0.1, 0.15) is 0 Å². The van der Waals surface area contributed by atoms with Gasteiger partial charge in [-0.2, -0.15) is 0 Å². The number of amides is 1. The minimum absolute atomic E-state index is 0.180. The second-order valence-electron chi connectivity index (χ2n) is 4.88. The zero-order valence-corrected chi connectivity index (χ0v) is 11.9. The number of fused-ring (bicyclic) bond motifs is 1. The summed E-state index contributed by atoms with van der Waals surface area (Å²) in [6, 6.07) is 0. The Kier molecular flexibility index (Phi) is 3.38. The predicted octanol–water partition coefficient (Wildman–Crippen LogP) is 0.805. The number of hydrogen-bond acceptors (Lipinski definition) is 5. The predicted molar refractivity (Wildman–Crippen MR) is 79.3 cm³/mol. The highest BCUT2D eigenvalue weighted by atomic mass is 32.1. The molecular weight excluding hydrogens is 292 g/mol. The molecule has 1 fully saturated rings. The average Bonchev–Trinajstić information content (AvgIpc) is 3.11. The SMILES string of the molecule is NC(=O)C1CCN(c2nc3sccn3c2/C=C/C(=O)O)C1. The summed E-state index contributed by atoms with van der Waals surface area (Å²) in [5, 5.41) is 10.7. The number of nitrogens with two attached hydrogens (primary N) is 1. The average molecular weight is 306 g/mol. The van der Waals surface area contributed by atoms with Gasteiger partial charge in [0.25, 0.3) is 0 Å². The maximum Gasteiger partial charge on any atom is 0.328 e. The Morgan fingerprint density at radius 3 is 3.00 bits per heavy atom. The Hall–Kier alpha value is -2.35. The van der Waals surface area contributed by atoms with Crippen LogP contribution in [0.2, 0.25) is 0 Å². The molecule has 1 saturated heterocycles. The Labute approximate surface area is 124 Å². The molecule has 0 radical (unpaired) electrons. The van der Waals surface area contributed by atoms with Gasteiger partial charge >= 0.3 is 5.97 Å². The van der Waals surface area contributed by atoms with Crippen molar-refractivity contribution in [2.45, 2.75) is 6.42 Å². The summed E-state index contributed by atoms with van der Waals surface area (Å²) in [5.74, 6) is -0.798. The van der Waals surface area contributed by atoms with E-state index in [1.165, 1.54) is 17.4 Å². The van der Waals surface area contributed by atoms with Crippen LogP contribution in [0.15, 0.2) is 17.7 Å². The van der Waals surface area contributed by atoms with Gasteiger partial charge in [-0.15, -0.1) is 11.3 Å². The maximum atomic E-state index is 11.3. The molecule has 0 bridgehead atoms. The number of primary amides is 1. The van der Waals surface area contributed by atoms with Crippen LogP contribution in [-0.2, 0) is 9.59 Å². The molecule has 0 aromatic carbocycles. The van der Waals surface area contributed by atoms with Crippen LogP contribution < -0.4 is 10.6 Å². The summed E-state index contributed by atoms with van der Waals surface area (Å²) >= 11 is 1.47. The molecule has 1 amide bonds. The van der Waals surface area contributed by atoms with Gasteiger partial charge in [-0.1, -0.05) is 0 Å². The molecule has 1 aliphatic rings. The molecule has 0 aliphatic carbocycles. The van der Waals surface area contributed by atoms with E-state index in [-0.39, 0.29) is 11.8 Å². The van der Waals surface area contributed by atoms with Crippen molar-refractivity contribution < 1.29 is 14.7 Å². The van der Waals surface area contributed by atoms with Crippen molar-refractivity contribution in [3.63, 3.8) is 0 Å². The van der Waals surface area contributed by atoms with Crippen molar-refractivity contribution in [1.82, 2.24) is 9.38 Å². The lowest BCUT2D eigenvalue weighted by molar-refractivity contribution is -0.131. The van der Waals surface area contributed by atoms with Gasteiger partial charge in [-0.25, -0.2) is 9.78 Å². The molecule has 3 heterocycles. The van der Waals surface area contributed by atoms with Crippen molar-refractivity contribution >= 4 is 40.1 Å². The smallest absolute Gasteiger partial charge is 0.328 e. The molecule has 0 saturated carbocycles. The molecule has 1 unspecified atom stereocenters. The topological polar surface area (TPSA) is 101 Å². The van der Waals surface area contributed by atoms with E-state index in [1.807, 2.05) is 20.9 Å². The van der Waals surface area contributed by atoms with Crippen LogP contribution in [0.1, 0.15) is 12.1 Å². The third kappa shape index (κ3) is 2.49. The quantitative estimate of drug-likeness (QED) is 0.814. The molecule has 8 heteroatoms. The number of nitrogens with zero attached hydrogens (tertiary/aromatic N) is 3. The first-order valence-corrected chi connectivity index (χ1v) is 7.35. The lowest BCUT2D eigenvalue weighted by Crippen LogP contribution is -2.27. The zero-order chi connectivity index (χ0) is 15.0. The van der Waals surface area contributed by atoms with Crippen molar-refractivity contribution in [1.29, 1.82) is 0 Å². The van der Waals surface area contributed by atoms with E-state index in [9.17, 15) is 9.59 Å². The van der Waals surface area contributed by atoms with Crippen molar-refractivity contribution in [2.24, 2.45) is 11.7 Å². The number of rotatable bonds is 4. The molecule has 0 spiro atoms. The second-order valence-corrected chi connectivity index (χ2v) is 5.75. The standard InChI is InChI=1S/C13H14N4O3S/c14-11(20)8-3-4-16(7-8)12-9(1-2-10(18)19)17-5-6-21-13(17)15-12/h1-2,5-6,8H,3-4,7H2,(H2,14,20)(H,18,19)/b2-1+. The van der Waals surface area contributed by atoms with E-state index in [0.717, 1.165) is 11.0 Å². The molecule has 1 atom stereocenters. The lowest BCUT2D eigenvalue weighted by Gasteiger charge is -2.16. The van der Waals surface area contributed by atoms with Crippen LogP contribution in [0, 0.1) is 5.92 Å². The van der Waals surface area contributed by atoms with Gasteiger partial charge in [-0.3, -0.25) is 9.20 Å². The van der Waals surface area contributed by atoms with Crippen molar-refractivity contribution in [3.05, 3.63) is 23.3 Å². The van der Waals surface area contributed by atoms with Crippen molar-refractivity contribution in [2.75, 3.05) is 18.0 Å². The van der Waals surface area contributed by atoms with E-state index in [4.69, 9.17) is 10.8 Å². The summed E-state index contributed by atoms with van der Waals surface area (Å²) < 4.78 is 1.84. The van der Waals surface area contributed by atoms with Gasteiger partial charge in [0.15, 0.2) is 10.8 Å². The lowest BCUT2D eigenvalue weighted by atomic mass is 10.1. The van der Waals surface area contributed by atoms with E-state index >= 15 is 0 Å². The number of aliphatic carboxylic acids is 1. The number of hydrogen-bond donors (Lipinski definition) is 2. The monoisotopic (exact) mass is 306 g/mol. The number of carbonyl (C=O) groups is 2. The largest absolute Gasteiger partial charge is 0.478 e. The highest BCUT2D eigenvalue weighted by Gasteiger charge is 2.29. The number of carboxylic acid groups (broad SMARTS) is 1. The molecule has 110 valence electrons. The van der Waals surface area contributed by atoms with Crippen molar-refractivity contribution in [3.8, 4) is 0 Å². The number of anilines is 1. The molecule has 1 aliphatic heterocycles. The minimum atomic E-state index is -1.01. The normalized spacial score (nSPS) is 18.9. The van der Waals surface area contributed by atoms with E-state index in [0.29, 0.717) is 31.0 Å². The third-order valence-electron chi connectivity index (χ3n) is 3.55. The molecule has 2 aromatic rings. The van der Waals surface area contributed by atoms with Crippen LogP contribution in [0.25, 0.3) is 11.0 Å². The number of thiazole rings is 1. The van der Waals surface area contributed by atoms with E-state index < -0.39 is 5.97 Å². The van der Waals surface area contributed by atoms with Crippen LogP contribution in [-0.4, -0.2) is 39.5 Å². The van der Waals surface area contributed by atoms with E-state index in [2.05, 4.69) is 4.98 Å². The highest BCUT2D eigenvalue weighted by Crippen LogP contribution is 2.29. The molecule has 3 N–H and O–H groups in total. The summed E-state index contributed by atoms with van der Waals surface area (Å²) in [4.78, 5) is 29.3. The van der Waals surface area contributed by atoms with Crippen LogP contribution in [0.3, 0.4) is 0 Å². The van der Waals surface area contributed by atoms with Gasteiger partial charge in [0.2, 0.25) is 5.91 Å². The van der Waals surface area contributed by atoms with Gasteiger partial charge < -0.3 is 15.7 Å². The number of aromatic nitrogens is 2. The zero-order valence-electron chi connectivity index (χ0n) is 11.1. The first kappa shape index (κ1) is 13.6. The first-order chi connectivity index (χ1) is 10.1. The van der Waals surface area contributed by atoms with Gasteiger partial charge in [0.05, 0.1) is 11.6 Å². The molecule has 21 heavy (non-hydrogen) atoms. The Morgan fingerprint density at radius 2 is 2.33 bits per heavy atom. The molecular formula is C13H14N4O3S. The number of carboxylic acids is 1. The molecule has 7 nitrogen and oxygen atoms in total. The molecule has 3 rings (SSSR count). The second kappa shape index (κ2) is 5.21. The summed E-state index contributed by atoms with van der Waals surface area (Å²) in [6.07, 6.45) is 5.16. The Morgan fingerprint density at radius 1 is 1.52 bits per heavy atom. The summed E-state index contributed by atoms with van der Waals surface area (Å²) in [7, 11) is 0. The maximum absolute atomic E-state index is 11.3. The minimum Gasteiger partial charge on any atom is -0.478 e. The summed E-state index contributed by atoms with van der Waals surface area (Å²) in [5.41, 5.74) is 6.06.